The lowest BCUT2D eigenvalue weighted by Gasteiger charge is -2.21. The molecule has 0 atom stereocenters. The molecule has 1 saturated heterocycles. The number of methoxy groups -OCH3 is 2. The van der Waals surface area contributed by atoms with Gasteiger partial charge < -0.3 is 19.7 Å². The number of nitrogens with one attached hydrogen (secondary N) is 1. The summed E-state index contributed by atoms with van der Waals surface area (Å²) < 4.78 is 10.7. The van der Waals surface area contributed by atoms with E-state index in [1.165, 1.54) is 25.7 Å². The fourth-order valence-corrected chi connectivity index (χ4v) is 2.92. The molecule has 128 valence electrons. The molecule has 2 aromatic rings. The predicted octanol–water partition coefficient (Wildman–Crippen LogP) is 3.62. The Hall–Kier alpha value is -2.50. The smallest absolute Gasteiger partial charge is 0.229 e. The third-order valence-corrected chi connectivity index (χ3v) is 4.22. The van der Waals surface area contributed by atoms with E-state index in [-0.39, 0.29) is 0 Å². The number of aromatic nitrogens is 2. The maximum Gasteiger partial charge on any atom is 0.229 e. The van der Waals surface area contributed by atoms with Gasteiger partial charge in [-0.15, -0.1) is 0 Å². The summed E-state index contributed by atoms with van der Waals surface area (Å²) in [5, 5.41) is 3.24. The largest absolute Gasteiger partial charge is 0.497 e. The molecule has 0 aliphatic carbocycles. The van der Waals surface area contributed by atoms with Crippen LogP contribution in [0.25, 0.3) is 0 Å². The fourth-order valence-electron chi connectivity index (χ4n) is 2.92. The highest BCUT2D eigenvalue weighted by Crippen LogP contribution is 2.31. The van der Waals surface area contributed by atoms with Gasteiger partial charge in [0.1, 0.15) is 17.3 Å². The standard InChI is InChI=1S/C18H24N4O2/c1-23-14-7-8-16(24-2)15(13-14)20-18-19-10-9-17(21-18)22-11-5-3-4-6-12-22/h7-10,13H,3-6,11-12H2,1-2H3,(H,19,20,21). The predicted molar refractivity (Wildman–Crippen MR) is 95.5 cm³/mol. The molecule has 2 heterocycles. The second-order valence-corrected chi connectivity index (χ2v) is 5.83. The number of rotatable bonds is 5. The molecule has 0 unspecified atom stereocenters. The Bertz CT molecular complexity index is 670. The van der Waals surface area contributed by atoms with Crippen molar-refractivity contribution < 1.29 is 9.47 Å². The Labute approximate surface area is 142 Å². The minimum Gasteiger partial charge on any atom is -0.497 e. The topological polar surface area (TPSA) is 59.5 Å². The van der Waals surface area contributed by atoms with E-state index < -0.39 is 0 Å². The van der Waals surface area contributed by atoms with Gasteiger partial charge in [0.2, 0.25) is 5.95 Å². The highest BCUT2D eigenvalue weighted by molar-refractivity contribution is 5.65. The Morgan fingerprint density at radius 1 is 1.00 bits per heavy atom. The Balaban J connectivity index is 1.81. The minimum absolute atomic E-state index is 0.559. The van der Waals surface area contributed by atoms with Crippen LogP contribution < -0.4 is 19.7 Å². The molecule has 0 amide bonds. The van der Waals surface area contributed by atoms with Crippen molar-refractivity contribution in [2.24, 2.45) is 0 Å². The first-order valence-electron chi connectivity index (χ1n) is 8.37. The van der Waals surface area contributed by atoms with E-state index in [4.69, 9.17) is 9.47 Å². The van der Waals surface area contributed by atoms with Crippen molar-refractivity contribution in [2.75, 3.05) is 37.5 Å². The number of anilines is 3. The van der Waals surface area contributed by atoms with Gasteiger partial charge in [-0.25, -0.2) is 4.98 Å². The van der Waals surface area contributed by atoms with Crippen LogP contribution in [-0.4, -0.2) is 37.3 Å². The Morgan fingerprint density at radius 3 is 2.50 bits per heavy atom. The average Bonchev–Trinajstić information content (AvgIpc) is 2.91. The quantitative estimate of drug-likeness (QED) is 0.904. The normalized spacial score (nSPS) is 14.8. The number of benzene rings is 1. The number of hydrogen-bond donors (Lipinski definition) is 1. The van der Waals surface area contributed by atoms with Crippen LogP contribution >= 0.6 is 0 Å². The van der Waals surface area contributed by atoms with Gasteiger partial charge in [0.25, 0.3) is 0 Å². The van der Waals surface area contributed by atoms with Crippen molar-refractivity contribution >= 4 is 17.5 Å². The van der Waals surface area contributed by atoms with Crippen LogP contribution in [0.5, 0.6) is 11.5 Å². The SMILES string of the molecule is COc1ccc(OC)c(Nc2nccc(N3CCCCCC3)n2)c1. The molecule has 1 N–H and O–H groups in total. The summed E-state index contributed by atoms with van der Waals surface area (Å²) in [5.74, 6) is 3.00. The van der Waals surface area contributed by atoms with Gasteiger partial charge in [0.15, 0.2) is 0 Å². The molecule has 24 heavy (non-hydrogen) atoms. The number of nitrogens with zero attached hydrogens (tertiary/aromatic N) is 3. The molecule has 6 heteroatoms. The fraction of sp³-hybridized carbons (Fsp3) is 0.444. The van der Waals surface area contributed by atoms with Crippen molar-refractivity contribution in [2.45, 2.75) is 25.7 Å². The van der Waals surface area contributed by atoms with E-state index in [9.17, 15) is 0 Å². The van der Waals surface area contributed by atoms with Gasteiger partial charge in [-0.1, -0.05) is 12.8 Å². The van der Waals surface area contributed by atoms with Gasteiger partial charge in [-0.3, -0.25) is 0 Å². The lowest BCUT2D eigenvalue weighted by molar-refractivity contribution is 0.405. The van der Waals surface area contributed by atoms with E-state index in [2.05, 4.69) is 20.2 Å². The highest BCUT2D eigenvalue weighted by atomic mass is 16.5. The summed E-state index contributed by atoms with van der Waals surface area (Å²) >= 11 is 0. The van der Waals surface area contributed by atoms with Gasteiger partial charge in [-0.05, 0) is 31.0 Å². The van der Waals surface area contributed by atoms with Gasteiger partial charge in [0.05, 0.1) is 19.9 Å². The minimum atomic E-state index is 0.559. The molecular formula is C18H24N4O2. The maximum atomic E-state index is 5.40. The van der Waals surface area contributed by atoms with Crippen LogP contribution in [0.1, 0.15) is 25.7 Å². The van der Waals surface area contributed by atoms with Crippen molar-refractivity contribution in [3.8, 4) is 11.5 Å². The zero-order chi connectivity index (χ0) is 16.8. The maximum absolute atomic E-state index is 5.40. The summed E-state index contributed by atoms with van der Waals surface area (Å²) in [6.45, 7) is 2.11. The van der Waals surface area contributed by atoms with Crippen molar-refractivity contribution in [3.05, 3.63) is 30.5 Å². The van der Waals surface area contributed by atoms with E-state index in [1.807, 2.05) is 24.3 Å². The molecule has 0 radical (unpaired) electrons. The average molecular weight is 328 g/mol. The summed E-state index contributed by atoms with van der Waals surface area (Å²) in [6.07, 6.45) is 6.83. The lowest BCUT2D eigenvalue weighted by atomic mass is 10.2. The van der Waals surface area contributed by atoms with Crippen LogP contribution in [0.15, 0.2) is 30.5 Å². The van der Waals surface area contributed by atoms with E-state index in [0.717, 1.165) is 36.1 Å². The van der Waals surface area contributed by atoms with E-state index in [1.54, 1.807) is 20.4 Å². The zero-order valence-electron chi connectivity index (χ0n) is 14.3. The Morgan fingerprint density at radius 2 is 1.79 bits per heavy atom. The molecule has 0 saturated carbocycles. The molecule has 1 aliphatic heterocycles. The molecule has 0 bridgehead atoms. The lowest BCUT2D eigenvalue weighted by Crippen LogP contribution is -2.25. The third kappa shape index (κ3) is 3.88. The van der Waals surface area contributed by atoms with Crippen LogP contribution in [-0.2, 0) is 0 Å². The van der Waals surface area contributed by atoms with Crippen LogP contribution in [0.2, 0.25) is 0 Å². The van der Waals surface area contributed by atoms with Gasteiger partial charge in [0, 0.05) is 25.4 Å². The number of hydrogen-bond acceptors (Lipinski definition) is 6. The first-order valence-corrected chi connectivity index (χ1v) is 8.37. The van der Waals surface area contributed by atoms with Gasteiger partial charge in [-0.2, -0.15) is 4.98 Å². The number of ether oxygens (including phenoxy) is 2. The summed E-state index contributed by atoms with van der Waals surface area (Å²) in [5.41, 5.74) is 0.782. The van der Waals surface area contributed by atoms with Crippen LogP contribution in [0, 0.1) is 0 Å². The Kier molecular flexibility index (Phi) is 5.36. The van der Waals surface area contributed by atoms with Crippen LogP contribution in [0.4, 0.5) is 17.5 Å². The van der Waals surface area contributed by atoms with E-state index >= 15 is 0 Å². The first kappa shape index (κ1) is 16.4. The molecule has 1 aromatic heterocycles. The summed E-state index contributed by atoms with van der Waals surface area (Å²) in [4.78, 5) is 11.3. The van der Waals surface area contributed by atoms with Crippen molar-refractivity contribution in [1.82, 2.24) is 9.97 Å². The highest BCUT2D eigenvalue weighted by Gasteiger charge is 2.13. The monoisotopic (exact) mass is 328 g/mol. The molecule has 0 spiro atoms. The third-order valence-electron chi connectivity index (χ3n) is 4.22. The molecule has 1 aliphatic rings. The second-order valence-electron chi connectivity index (χ2n) is 5.83. The molecule has 1 fully saturated rings. The van der Waals surface area contributed by atoms with Crippen molar-refractivity contribution in [1.29, 1.82) is 0 Å². The molecule has 1 aromatic carbocycles. The zero-order valence-corrected chi connectivity index (χ0v) is 14.3. The van der Waals surface area contributed by atoms with E-state index in [0.29, 0.717) is 5.95 Å². The summed E-state index contributed by atoms with van der Waals surface area (Å²) in [7, 11) is 3.28. The van der Waals surface area contributed by atoms with Crippen LogP contribution in [0.3, 0.4) is 0 Å². The molecular weight excluding hydrogens is 304 g/mol. The molecule has 3 rings (SSSR count). The van der Waals surface area contributed by atoms with Gasteiger partial charge >= 0.3 is 0 Å². The second kappa shape index (κ2) is 7.86. The first-order chi connectivity index (χ1) is 11.8. The molecule has 6 nitrogen and oxygen atoms in total. The van der Waals surface area contributed by atoms with Crippen molar-refractivity contribution in [3.63, 3.8) is 0 Å². The summed E-state index contributed by atoms with van der Waals surface area (Å²) in [6, 6.07) is 7.57.